The van der Waals surface area contributed by atoms with Gasteiger partial charge in [0.05, 0.1) is 18.2 Å². The molecule has 76 valence electrons. The normalized spacial score (nSPS) is 14.0. The molecule has 1 aromatic rings. The molecule has 0 atom stereocenters. The van der Waals surface area contributed by atoms with Crippen molar-refractivity contribution < 1.29 is 14.3 Å². The van der Waals surface area contributed by atoms with E-state index in [-0.39, 0.29) is 11.6 Å². The lowest BCUT2D eigenvalue weighted by Gasteiger charge is -2.14. The van der Waals surface area contributed by atoms with Gasteiger partial charge in [-0.2, -0.15) is 0 Å². The molecule has 0 saturated carbocycles. The lowest BCUT2D eigenvalue weighted by molar-refractivity contribution is 0.0991. The van der Waals surface area contributed by atoms with E-state index in [9.17, 15) is 9.59 Å². The predicted molar refractivity (Wildman–Crippen MR) is 63.5 cm³/mol. The number of ether oxygens (including phenoxy) is 1. The lowest BCUT2D eigenvalue weighted by atomic mass is 9.94. The first-order valence-corrected chi connectivity index (χ1v) is 5.36. The Kier molecular flexibility index (Phi) is 2.60. The molecule has 0 saturated heterocycles. The first-order chi connectivity index (χ1) is 7.15. The zero-order chi connectivity index (χ0) is 11.0. The van der Waals surface area contributed by atoms with Gasteiger partial charge in [-0.25, -0.2) is 0 Å². The Balaban J connectivity index is 2.78. The number of benzene rings is 1. The molecule has 15 heavy (non-hydrogen) atoms. The molecular formula is C11H7IO3. The van der Waals surface area contributed by atoms with E-state index in [1.54, 1.807) is 12.1 Å². The van der Waals surface area contributed by atoms with Gasteiger partial charge in [-0.15, -0.1) is 0 Å². The van der Waals surface area contributed by atoms with Crippen LogP contribution in [0.3, 0.4) is 0 Å². The molecule has 0 N–H and O–H groups in total. The Morgan fingerprint density at radius 2 is 1.67 bits per heavy atom. The maximum atomic E-state index is 11.6. The van der Waals surface area contributed by atoms with Gasteiger partial charge in [-0.05, 0) is 46.9 Å². The van der Waals surface area contributed by atoms with Crippen molar-refractivity contribution in [2.45, 2.75) is 0 Å². The van der Waals surface area contributed by atoms with Crippen molar-refractivity contribution >= 4 is 34.2 Å². The third-order valence-corrected chi connectivity index (χ3v) is 3.11. The second-order valence-corrected chi connectivity index (χ2v) is 4.22. The van der Waals surface area contributed by atoms with E-state index >= 15 is 0 Å². The summed E-state index contributed by atoms with van der Waals surface area (Å²) in [6.07, 6.45) is 2.58. The maximum absolute atomic E-state index is 11.6. The average Bonchev–Trinajstić information content (AvgIpc) is 2.23. The number of hydrogen-bond donors (Lipinski definition) is 0. The number of allylic oxidation sites excluding steroid dienone is 2. The Morgan fingerprint density at radius 3 is 2.27 bits per heavy atom. The fourth-order valence-corrected chi connectivity index (χ4v) is 2.25. The highest BCUT2D eigenvalue weighted by molar-refractivity contribution is 14.1. The fraction of sp³-hybridized carbons (Fsp3) is 0.0909. The number of halogens is 1. The zero-order valence-corrected chi connectivity index (χ0v) is 10.1. The van der Waals surface area contributed by atoms with Crippen LogP contribution in [0, 0.1) is 3.57 Å². The summed E-state index contributed by atoms with van der Waals surface area (Å²) in [5, 5.41) is 0. The minimum absolute atomic E-state index is 0.145. The Hall–Kier alpha value is -1.17. The van der Waals surface area contributed by atoms with Crippen LogP contribution in [-0.2, 0) is 0 Å². The molecule has 0 radical (unpaired) electrons. The smallest absolute Gasteiger partial charge is 0.190 e. The number of hydrogen-bond acceptors (Lipinski definition) is 3. The summed E-state index contributed by atoms with van der Waals surface area (Å²) in [5.41, 5.74) is 0.819. The molecule has 1 aliphatic carbocycles. The zero-order valence-electron chi connectivity index (χ0n) is 7.91. The van der Waals surface area contributed by atoms with Crippen molar-refractivity contribution in [3.05, 3.63) is 39.0 Å². The summed E-state index contributed by atoms with van der Waals surface area (Å²) in [5.74, 6) is 0.126. The Labute approximate surface area is 100 Å². The number of rotatable bonds is 1. The minimum atomic E-state index is -0.181. The van der Waals surface area contributed by atoms with Gasteiger partial charge in [0, 0.05) is 3.57 Å². The van der Waals surface area contributed by atoms with Crippen LogP contribution < -0.4 is 4.74 Å². The molecule has 0 aromatic heterocycles. The van der Waals surface area contributed by atoms with E-state index < -0.39 is 0 Å². The molecule has 2 rings (SSSR count). The van der Waals surface area contributed by atoms with E-state index in [1.807, 2.05) is 22.6 Å². The van der Waals surface area contributed by atoms with E-state index in [0.717, 1.165) is 3.57 Å². The average molecular weight is 314 g/mol. The van der Waals surface area contributed by atoms with Gasteiger partial charge < -0.3 is 4.74 Å². The summed E-state index contributed by atoms with van der Waals surface area (Å²) in [6.45, 7) is 0. The predicted octanol–water partition coefficient (Wildman–Crippen LogP) is 2.24. The van der Waals surface area contributed by atoms with E-state index in [4.69, 9.17) is 4.74 Å². The molecule has 0 spiro atoms. The Morgan fingerprint density at radius 1 is 1.07 bits per heavy atom. The largest absolute Gasteiger partial charge is 0.496 e. The van der Waals surface area contributed by atoms with Crippen LogP contribution in [0.1, 0.15) is 20.7 Å². The van der Waals surface area contributed by atoms with Crippen LogP contribution in [-0.4, -0.2) is 18.7 Å². The summed E-state index contributed by atoms with van der Waals surface area (Å²) in [6, 6.07) is 3.47. The molecule has 0 heterocycles. The molecular weight excluding hydrogens is 307 g/mol. The van der Waals surface area contributed by atoms with Crippen molar-refractivity contribution in [2.24, 2.45) is 0 Å². The van der Waals surface area contributed by atoms with Crippen LogP contribution >= 0.6 is 22.6 Å². The van der Waals surface area contributed by atoms with Gasteiger partial charge in [0.2, 0.25) is 0 Å². The quantitative estimate of drug-likeness (QED) is 0.747. The number of carbonyl (C=O) groups is 2. The standard InChI is InChI=1S/C11H7IO3/c1-15-9-5-2-6(12)10-7(13)3-4-8(14)11(9)10/h2-5H,1H3. The molecule has 3 nitrogen and oxygen atoms in total. The molecule has 0 bridgehead atoms. The minimum Gasteiger partial charge on any atom is -0.496 e. The molecule has 0 aliphatic heterocycles. The highest BCUT2D eigenvalue weighted by Crippen LogP contribution is 2.30. The summed E-state index contributed by atoms with van der Waals surface area (Å²) in [7, 11) is 1.48. The van der Waals surface area contributed by atoms with E-state index in [2.05, 4.69) is 0 Å². The molecule has 0 amide bonds. The van der Waals surface area contributed by atoms with Gasteiger partial charge in [0.1, 0.15) is 5.75 Å². The van der Waals surface area contributed by atoms with Crippen molar-refractivity contribution in [3.63, 3.8) is 0 Å². The third kappa shape index (κ3) is 1.58. The van der Waals surface area contributed by atoms with Crippen LogP contribution in [0.15, 0.2) is 24.3 Å². The lowest BCUT2D eigenvalue weighted by Crippen LogP contribution is -2.14. The van der Waals surface area contributed by atoms with Crippen molar-refractivity contribution in [3.8, 4) is 5.75 Å². The van der Waals surface area contributed by atoms with Crippen molar-refractivity contribution in [2.75, 3.05) is 7.11 Å². The van der Waals surface area contributed by atoms with Crippen LogP contribution in [0.25, 0.3) is 0 Å². The highest BCUT2D eigenvalue weighted by Gasteiger charge is 2.25. The van der Waals surface area contributed by atoms with Crippen LogP contribution in [0.4, 0.5) is 0 Å². The Bertz CT molecular complexity index is 489. The molecule has 0 fully saturated rings. The van der Waals surface area contributed by atoms with E-state index in [1.165, 1.54) is 19.3 Å². The van der Waals surface area contributed by atoms with Crippen molar-refractivity contribution in [1.29, 1.82) is 0 Å². The topological polar surface area (TPSA) is 43.4 Å². The fourth-order valence-electron chi connectivity index (χ4n) is 1.53. The van der Waals surface area contributed by atoms with Crippen molar-refractivity contribution in [1.82, 2.24) is 0 Å². The third-order valence-electron chi connectivity index (χ3n) is 2.22. The molecule has 0 unspecified atom stereocenters. The summed E-state index contributed by atoms with van der Waals surface area (Å²) >= 11 is 2.04. The number of ketones is 2. The number of fused-ring (bicyclic) bond motifs is 1. The maximum Gasteiger partial charge on any atom is 0.190 e. The summed E-state index contributed by atoms with van der Waals surface area (Å²) < 4.78 is 5.85. The molecule has 4 heteroatoms. The second kappa shape index (κ2) is 3.77. The van der Waals surface area contributed by atoms with Gasteiger partial charge >= 0.3 is 0 Å². The van der Waals surface area contributed by atoms with Gasteiger partial charge in [0.15, 0.2) is 11.6 Å². The highest BCUT2D eigenvalue weighted by atomic mass is 127. The second-order valence-electron chi connectivity index (χ2n) is 3.06. The SMILES string of the molecule is COc1ccc(I)c2c1C(=O)C=CC2=O. The van der Waals surface area contributed by atoms with Crippen LogP contribution in [0.5, 0.6) is 5.75 Å². The summed E-state index contributed by atoms with van der Waals surface area (Å²) in [4.78, 5) is 23.3. The van der Waals surface area contributed by atoms with E-state index in [0.29, 0.717) is 16.9 Å². The van der Waals surface area contributed by atoms with Crippen LogP contribution in [0.2, 0.25) is 0 Å². The van der Waals surface area contributed by atoms with Gasteiger partial charge in [0.25, 0.3) is 0 Å². The molecule has 1 aromatic carbocycles. The monoisotopic (exact) mass is 314 g/mol. The first-order valence-electron chi connectivity index (χ1n) is 4.28. The van der Waals surface area contributed by atoms with Gasteiger partial charge in [-0.3, -0.25) is 9.59 Å². The number of methoxy groups -OCH3 is 1. The number of carbonyl (C=O) groups excluding carboxylic acids is 2. The van der Waals surface area contributed by atoms with Gasteiger partial charge in [-0.1, -0.05) is 0 Å². The molecule has 1 aliphatic rings. The first kappa shape index (κ1) is 10.4.